The topological polar surface area (TPSA) is 66.5 Å². The first-order valence-corrected chi connectivity index (χ1v) is 4.09. The molecule has 0 radical (unpaired) electrons. The van der Waals surface area contributed by atoms with Crippen LogP contribution in [0.2, 0.25) is 0 Å². The van der Waals surface area contributed by atoms with Crippen LogP contribution < -0.4 is 5.73 Å². The first kappa shape index (κ1) is 10.7. The van der Waals surface area contributed by atoms with E-state index >= 15 is 0 Å². The Hall–Kier alpha value is -1.36. The fraction of sp³-hybridized carbons (Fsp3) is 0.333. The van der Waals surface area contributed by atoms with Crippen molar-refractivity contribution >= 4 is 0 Å². The largest absolute Gasteiger partial charge is 0.505 e. The molecular weight excluding hydrogens is 192 g/mol. The van der Waals surface area contributed by atoms with Gasteiger partial charge in [-0.05, 0) is 12.5 Å². The van der Waals surface area contributed by atoms with E-state index < -0.39 is 29.1 Å². The molecule has 0 aliphatic rings. The molecule has 1 unspecified atom stereocenters. The Morgan fingerprint density at radius 3 is 2.07 bits per heavy atom. The number of hydrogen-bond acceptors (Lipinski definition) is 3. The number of benzene rings is 1. The van der Waals surface area contributed by atoms with Crippen molar-refractivity contribution in [2.45, 2.75) is 12.8 Å². The summed E-state index contributed by atoms with van der Waals surface area (Å²) in [5.41, 5.74) is 4.86. The summed E-state index contributed by atoms with van der Waals surface area (Å²) < 4.78 is 26.4. The molecule has 1 aromatic carbocycles. The number of hydrogen-bond donors (Lipinski definition) is 3. The first-order valence-electron chi connectivity index (χ1n) is 4.09. The SMILES string of the molecule is CC(CN)c1c(F)c(O)cc(O)c1F. The Bertz CT molecular complexity index is 329. The number of halogens is 2. The molecule has 1 aromatic rings. The molecule has 0 spiro atoms. The van der Waals surface area contributed by atoms with Crippen molar-refractivity contribution in [1.82, 2.24) is 0 Å². The summed E-state index contributed by atoms with van der Waals surface area (Å²) in [6, 6.07) is 0.622. The lowest BCUT2D eigenvalue weighted by Crippen LogP contribution is -2.12. The quantitative estimate of drug-likeness (QED) is 0.681. The van der Waals surface area contributed by atoms with Crippen molar-refractivity contribution < 1.29 is 19.0 Å². The third-order valence-electron chi connectivity index (χ3n) is 2.04. The highest BCUT2D eigenvalue weighted by Gasteiger charge is 2.21. The summed E-state index contributed by atoms with van der Waals surface area (Å²) in [5.74, 6) is -4.30. The Morgan fingerprint density at radius 1 is 1.29 bits per heavy atom. The van der Waals surface area contributed by atoms with Crippen LogP contribution >= 0.6 is 0 Å². The highest BCUT2D eigenvalue weighted by Crippen LogP contribution is 2.33. The van der Waals surface area contributed by atoms with Gasteiger partial charge in [0.15, 0.2) is 23.1 Å². The lowest BCUT2D eigenvalue weighted by Gasteiger charge is -2.13. The van der Waals surface area contributed by atoms with Crippen LogP contribution in [0.1, 0.15) is 18.4 Å². The Kier molecular flexibility index (Phi) is 2.90. The molecule has 78 valence electrons. The van der Waals surface area contributed by atoms with Gasteiger partial charge in [0.2, 0.25) is 0 Å². The molecule has 14 heavy (non-hydrogen) atoms. The van der Waals surface area contributed by atoms with Crippen LogP contribution in [0.15, 0.2) is 6.07 Å². The molecule has 0 aromatic heterocycles. The van der Waals surface area contributed by atoms with Crippen LogP contribution in [0.5, 0.6) is 11.5 Å². The second kappa shape index (κ2) is 3.79. The van der Waals surface area contributed by atoms with Crippen LogP contribution in [-0.4, -0.2) is 16.8 Å². The predicted octanol–water partition coefficient (Wildman–Crippen LogP) is 1.44. The number of phenolic OH excluding ortho intramolecular Hbond substituents is 2. The molecule has 0 amide bonds. The van der Waals surface area contributed by atoms with E-state index in [2.05, 4.69) is 0 Å². The van der Waals surface area contributed by atoms with Crippen molar-refractivity contribution in [3.05, 3.63) is 23.3 Å². The molecule has 0 heterocycles. The third kappa shape index (κ3) is 1.63. The fourth-order valence-electron chi connectivity index (χ4n) is 1.18. The molecule has 0 fully saturated rings. The molecule has 4 N–H and O–H groups in total. The first-order chi connectivity index (χ1) is 6.49. The molecule has 5 heteroatoms. The molecule has 1 atom stereocenters. The van der Waals surface area contributed by atoms with Crippen molar-refractivity contribution in [3.63, 3.8) is 0 Å². The minimum absolute atomic E-state index is 0.0245. The van der Waals surface area contributed by atoms with E-state index in [9.17, 15) is 8.78 Å². The summed E-state index contributed by atoms with van der Waals surface area (Å²) in [4.78, 5) is 0. The van der Waals surface area contributed by atoms with Crippen LogP contribution in [-0.2, 0) is 0 Å². The molecule has 0 saturated carbocycles. The molecular formula is C9H11F2NO2. The van der Waals surface area contributed by atoms with Gasteiger partial charge in [0, 0.05) is 11.6 Å². The van der Waals surface area contributed by atoms with E-state index in [-0.39, 0.29) is 12.1 Å². The van der Waals surface area contributed by atoms with Crippen LogP contribution in [0.4, 0.5) is 8.78 Å². The second-order valence-electron chi connectivity index (χ2n) is 3.09. The summed E-state index contributed by atoms with van der Waals surface area (Å²) >= 11 is 0. The maximum Gasteiger partial charge on any atom is 0.171 e. The third-order valence-corrected chi connectivity index (χ3v) is 2.04. The van der Waals surface area contributed by atoms with E-state index in [0.717, 1.165) is 0 Å². The van der Waals surface area contributed by atoms with Gasteiger partial charge in [-0.2, -0.15) is 0 Å². The van der Waals surface area contributed by atoms with Crippen molar-refractivity contribution in [2.75, 3.05) is 6.54 Å². The molecule has 0 bridgehead atoms. The Balaban J connectivity index is 3.39. The van der Waals surface area contributed by atoms with E-state index in [1.54, 1.807) is 0 Å². The van der Waals surface area contributed by atoms with E-state index in [4.69, 9.17) is 15.9 Å². The van der Waals surface area contributed by atoms with Crippen LogP contribution in [0, 0.1) is 11.6 Å². The smallest absolute Gasteiger partial charge is 0.171 e. The molecule has 1 rings (SSSR count). The summed E-state index contributed by atoms with van der Waals surface area (Å²) in [6.07, 6.45) is 0. The lowest BCUT2D eigenvalue weighted by atomic mass is 9.99. The Morgan fingerprint density at radius 2 is 1.71 bits per heavy atom. The number of phenols is 2. The van der Waals surface area contributed by atoms with Gasteiger partial charge in [-0.3, -0.25) is 0 Å². The van der Waals surface area contributed by atoms with Crippen molar-refractivity contribution in [2.24, 2.45) is 5.73 Å². The van der Waals surface area contributed by atoms with Crippen LogP contribution in [0.25, 0.3) is 0 Å². The van der Waals surface area contributed by atoms with Gasteiger partial charge in [0.1, 0.15) is 0 Å². The minimum Gasteiger partial charge on any atom is -0.505 e. The summed E-state index contributed by atoms with van der Waals surface area (Å²) in [5, 5.41) is 18.0. The van der Waals surface area contributed by atoms with Crippen LogP contribution in [0.3, 0.4) is 0 Å². The van der Waals surface area contributed by atoms with E-state index in [0.29, 0.717) is 6.07 Å². The highest BCUT2D eigenvalue weighted by atomic mass is 19.1. The lowest BCUT2D eigenvalue weighted by molar-refractivity contribution is 0.386. The van der Waals surface area contributed by atoms with Gasteiger partial charge < -0.3 is 15.9 Å². The molecule has 3 nitrogen and oxygen atoms in total. The average molecular weight is 203 g/mol. The van der Waals surface area contributed by atoms with Crippen molar-refractivity contribution in [3.8, 4) is 11.5 Å². The van der Waals surface area contributed by atoms with Gasteiger partial charge in [-0.1, -0.05) is 6.92 Å². The fourth-order valence-corrected chi connectivity index (χ4v) is 1.18. The standard InChI is InChI=1S/C9H11F2NO2/c1-4(3-12)7-8(10)5(13)2-6(14)9(7)11/h2,4,13-14H,3,12H2,1H3. The normalized spacial score (nSPS) is 12.9. The summed E-state index contributed by atoms with van der Waals surface area (Å²) in [6.45, 7) is 1.52. The average Bonchev–Trinajstić information content (AvgIpc) is 2.15. The maximum absolute atomic E-state index is 13.2. The van der Waals surface area contributed by atoms with Gasteiger partial charge >= 0.3 is 0 Å². The highest BCUT2D eigenvalue weighted by molar-refractivity contribution is 5.41. The zero-order chi connectivity index (χ0) is 10.9. The maximum atomic E-state index is 13.2. The number of aromatic hydroxyl groups is 2. The van der Waals surface area contributed by atoms with E-state index in [1.807, 2.05) is 0 Å². The van der Waals surface area contributed by atoms with Gasteiger partial charge in [0.05, 0.1) is 0 Å². The molecule has 0 aliphatic heterocycles. The summed E-state index contributed by atoms with van der Waals surface area (Å²) in [7, 11) is 0. The zero-order valence-corrected chi connectivity index (χ0v) is 7.59. The monoisotopic (exact) mass is 203 g/mol. The van der Waals surface area contributed by atoms with Gasteiger partial charge in [0.25, 0.3) is 0 Å². The van der Waals surface area contributed by atoms with Crippen molar-refractivity contribution in [1.29, 1.82) is 0 Å². The number of nitrogens with two attached hydrogens (primary N) is 1. The molecule has 0 aliphatic carbocycles. The second-order valence-corrected chi connectivity index (χ2v) is 3.09. The number of rotatable bonds is 2. The molecule has 0 saturated heterocycles. The Labute approximate surface area is 79.8 Å². The predicted molar refractivity (Wildman–Crippen MR) is 47.2 cm³/mol. The van der Waals surface area contributed by atoms with Gasteiger partial charge in [-0.25, -0.2) is 8.78 Å². The van der Waals surface area contributed by atoms with Gasteiger partial charge in [-0.15, -0.1) is 0 Å². The minimum atomic E-state index is -1.07. The zero-order valence-electron chi connectivity index (χ0n) is 7.59. The van der Waals surface area contributed by atoms with E-state index in [1.165, 1.54) is 6.92 Å².